The monoisotopic (exact) mass is 702 g/mol. The van der Waals surface area contributed by atoms with Crippen LogP contribution in [0, 0.1) is 0 Å². The summed E-state index contributed by atoms with van der Waals surface area (Å²) >= 11 is 0. The second-order valence-corrected chi connectivity index (χ2v) is 10.7. The Kier molecular flexibility index (Phi) is 34.2. The minimum absolute atomic E-state index is 0.0000894. The first-order chi connectivity index (χ1) is 24.3. The van der Waals surface area contributed by atoms with Crippen LogP contribution in [-0.4, -0.2) is 150 Å². The topological polar surface area (TPSA) is 136 Å². The lowest BCUT2D eigenvalue weighted by atomic mass is 10.1. The molecule has 1 rings (SSSR count). The highest BCUT2D eigenvalue weighted by molar-refractivity contribution is 6.40. The molecule has 13 nitrogen and oxygen atoms in total. The molecule has 0 aromatic heterocycles. The molecular weight excluding hydrogens is 640 g/mol. The number of esters is 1. The highest BCUT2D eigenvalue weighted by Gasteiger charge is 2.17. The van der Waals surface area contributed by atoms with Gasteiger partial charge in [-0.05, 0) is 6.42 Å². The third-order valence-corrected chi connectivity index (χ3v) is 6.67. The van der Waals surface area contributed by atoms with E-state index in [0.717, 1.165) is 13.0 Å². The normalized spacial score (nSPS) is 11.3. The molecule has 0 saturated carbocycles. The molecule has 0 bridgehead atoms. The van der Waals surface area contributed by atoms with Crippen LogP contribution < -0.4 is 0 Å². The maximum atomic E-state index is 11.9. The van der Waals surface area contributed by atoms with Crippen molar-refractivity contribution in [2.45, 2.75) is 45.4 Å². The lowest BCUT2D eigenvalue weighted by molar-refractivity contribution is -0.139. The van der Waals surface area contributed by atoms with Gasteiger partial charge in [0, 0.05) is 12.2 Å². The largest absolute Gasteiger partial charge is 0.457 e. The molecule has 0 N–H and O–H groups in total. The number of hydrogen-bond donors (Lipinski definition) is 0. The van der Waals surface area contributed by atoms with E-state index in [-0.39, 0.29) is 13.2 Å². The molecule has 13 heteroatoms. The van der Waals surface area contributed by atoms with Crippen molar-refractivity contribution in [3.63, 3.8) is 0 Å². The van der Waals surface area contributed by atoms with Crippen LogP contribution in [0.5, 0.6) is 0 Å². The number of ketones is 1. The Labute approximate surface area is 293 Å². The molecule has 0 radical (unpaired) electrons. The van der Waals surface area contributed by atoms with E-state index in [1.165, 1.54) is 32.1 Å². The zero-order valence-corrected chi connectivity index (χ0v) is 29.8. The average molecular weight is 703 g/mol. The molecule has 0 saturated heterocycles. The molecule has 0 aliphatic rings. The number of Topliss-reactive ketones (excluding diaryl/α,β-unsaturated/α-hetero) is 1. The average Bonchev–Trinajstić information content (AvgIpc) is 3.12. The van der Waals surface area contributed by atoms with Gasteiger partial charge < -0.3 is 52.1 Å². The predicted molar refractivity (Wildman–Crippen MR) is 183 cm³/mol. The van der Waals surface area contributed by atoms with Crippen LogP contribution in [0.15, 0.2) is 30.3 Å². The summed E-state index contributed by atoms with van der Waals surface area (Å²) in [5.41, 5.74) is 0.298. The first-order valence-electron chi connectivity index (χ1n) is 17.8. The van der Waals surface area contributed by atoms with E-state index >= 15 is 0 Å². The Bertz CT molecular complexity index is 843. The van der Waals surface area contributed by atoms with Crippen LogP contribution in [-0.2, 0) is 56.9 Å². The third-order valence-electron chi connectivity index (χ3n) is 6.67. The molecule has 1 aromatic carbocycles. The summed E-state index contributed by atoms with van der Waals surface area (Å²) in [4.78, 5) is 23.6. The van der Waals surface area contributed by atoms with Crippen LogP contribution in [0.4, 0.5) is 0 Å². The molecule has 0 unspecified atom stereocenters. The highest BCUT2D eigenvalue weighted by Crippen LogP contribution is 2.05. The fourth-order valence-electron chi connectivity index (χ4n) is 4.03. The van der Waals surface area contributed by atoms with Crippen molar-refractivity contribution in [3.05, 3.63) is 35.9 Å². The Balaban J connectivity index is 1.65. The van der Waals surface area contributed by atoms with Crippen LogP contribution in [0.3, 0.4) is 0 Å². The quantitative estimate of drug-likeness (QED) is 0.0425. The van der Waals surface area contributed by atoms with Crippen molar-refractivity contribution in [2.75, 3.05) is 139 Å². The number of benzene rings is 1. The SMILES string of the molecule is CCCCCCCCOCCOCCOCCOCCOCCOCCOCCOCCOCCOCCOC(=O)C(=O)c1ccccc1. The second-order valence-electron chi connectivity index (χ2n) is 10.7. The molecule has 0 heterocycles. The van der Waals surface area contributed by atoms with Crippen molar-refractivity contribution < 1.29 is 61.7 Å². The molecular formula is C36H62O13. The van der Waals surface area contributed by atoms with E-state index in [2.05, 4.69) is 6.92 Å². The van der Waals surface area contributed by atoms with Gasteiger partial charge in [0.15, 0.2) is 0 Å². The van der Waals surface area contributed by atoms with Gasteiger partial charge in [0.05, 0.1) is 126 Å². The summed E-state index contributed by atoms with van der Waals surface area (Å²) in [6, 6.07) is 8.27. The summed E-state index contributed by atoms with van der Waals surface area (Å²) in [5.74, 6) is -1.57. The van der Waals surface area contributed by atoms with Crippen molar-refractivity contribution in [1.29, 1.82) is 0 Å². The number of carbonyl (C=O) groups excluding carboxylic acids is 2. The summed E-state index contributed by atoms with van der Waals surface area (Å²) in [7, 11) is 0. The lowest BCUT2D eigenvalue weighted by Crippen LogP contribution is -2.20. The van der Waals surface area contributed by atoms with Gasteiger partial charge in [-0.1, -0.05) is 69.4 Å². The molecule has 0 fully saturated rings. The summed E-state index contributed by atoms with van der Waals surface area (Å²) in [6.07, 6.45) is 7.64. The van der Waals surface area contributed by atoms with E-state index in [0.29, 0.717) is 124 Å². The zero-order chi connectivity index (χ0) is 35.1. The van der Waals surface area contributed by atoms with E-state index < -0.39 is 11.8 Å². The molecule has 0 aliphatic heterocycles. The zero-order valence-electron chi connectivity index (χ0n) is 29.8. The summed E-state index contributed by atoms with van der Waals surface area (Å²) in [6.45, 7) is 12.1. The molecule has 49 heavy (non-hydrogen) atoms. The van der Waals surface area contributed by atoms with Gasteiger partial charge in [0.2, 0.25) is 0 Å². The van der Waals surface area contributed by atoms with Gasteiger partial charge >= 0.3 is 5.97 Å². The fourth-order valence-corrected chi connectivity index (χ4v) is 4.03. The number of rotatable bonds is 39. The highest BCUT2D eigenvalue weighted by atomic mass is 16.6. The first-order valence-corrected chi connectivity index (χ1v) is 17.8. The van der Waals surface area contributed by atoms with E-state index in [1.807, 2.05) is 0 Å². The van der Waals surface area contributed by atoms with Gasteiger partial charge in [-0.2, -0.15) is 0 Å². The van der Waals surface area contributed by atoms with Gasteiger partial charge in [0.25, 0.3) is 5.78 Å². The Morgan fingerprint density at radius 2 is 0.694 bits per heavy atom. The van der Waals surface area contributed by atoms with Crippen LogP contribution in [0.2, 0.25) is 0 Å². The van der Waals surface area contributed by atoms with Crippen molar-refractivity contribution in [1.82, 2.24) is 0 Å². The smallest absolute Gasteiger partial charge is 0.379 e. The Morgan fingerprint density at radius 3 is 1.06 bits per heavy atom. The van der Waals surface area contributed by atoms with Gasteiger partial charge in [-0.3, -0.25) is 4.79 Å². The molecule has 1 aromatic rings. The van der Waals surface area contributed by atoms with E-state index in [4.69, 9.17) is 52.1 Å². The van der Waals surface area contributed by atoms with Crippen molar-refractivity contribution in [3.8, 4) is 0 Å². The predicted octanol–water partition coefficient (Wildman–Crippen LogP) is 3.94. The van der Waals surface area contributed by atoms with Crippen molar-refractivity contribution >= 4 is 11.8 Å². The Morgan fingerprint density at radius 1 is 0.388 bits per heavy atom. The first kappa shape index (κ1) is 45.0. The minimum Gasteiger partial charge on any atom is -0.457 e. The summed E-state index contributed by atoms with van der Waals surface area (Å²) < 4.78 is 59.6. The van der Waals surface area contributed by atoms with Crippen LogP contribution >= 0.6 is 0 Å². The number of hydrogen-bond acceptors (Lipinski definition) is 13. The van der Waals surface area contributed by atoms with E-state index in [9.17, 15) is 9.59 Å². The number of ether oxygens (including phenoxy) is 11. The maximum Gasteiger partial charge on any atom is 0.379 e. The van der Waals surface area contributed by atoms with Gasteiger partial charge in [-0.15, -0.1) is 0 Å². The number of unbranched alkanes of at least 4 members (excludes halogenated alkanes) is 5. The lowest BCUT2D eigenvalue weighted by Gasteiger charge is -2.09. The molecule has 0 aliphatic carbocycles. The fraction of sp³-hybridized carbons (Fsp3) is 0.778. The van der Waals surface area contributed by atoms with Gasteiger partial charge in [-0.25, -0.2) is 4.79 Å². The Hall–Kier alpha value is -2.04. The molecule has 284 valence electrons. The van der Waals surface area contributed by atoms with Crippen LogP contribution in [0.1, 0.15) is 55.8 Å². The minimum atomic E-state index is -0.895. The van der Waals surface area contributed by atoms with Crippen LogP contribution in [0.25, 0.3) is 0 Å². The van der Waals surface area contributed by atoms with E-state index in [1.54, 1.807) is 30.3 Å². The summed E-state index contributed by atoms with van der Waals surface area (Å²) in [5, 5.41) is 0. The molecule has 0 amide bonds. The standard InChI is InChI=1S/C36H62O13/c1-2-3-4-5-6-10-13-39-14-15-40-16-17-41-18-19-42-20-21-43-22-23-44-24-25-45-26-27-46-28-29-47-30-31-48-32-33-49-36(38)35(37)34-11-8-7-9-12-34/h7-9,11-12H,2-6,10,13-33H2,1H3. The van der Waals surface area contributed by atoms with Crippen molar-refractivity contribution in [2.24, 2.45) is 0 Å². The molecule has 0 atom stereocenters. The third kappa shape index (κ3) is 31.7. The number of carbonyl (C=O) groups is 2. The molecule has 0 spiro atoms. The second kappa shape index (κ2) is 37.2. The maximum absolute atomic E-state index is 11.9. The van der Waals surface area contributed by atoms with Gasteiger partial charge in [0.1, 0.15) is 6.61 Å².